The van der Waals surface area contributed by atoms with Crippen molar-refractivity contribution in [2.75, 3.05) is 33.2 Å². The second-order valence-corrected chi connectivity index (χ2v) is 7.34. The Labute approximate surface area is 126 Å². The van der Waals surface area contributed by atoms with Gasteiger partial charge in [0.05, 0.1) is 5.56 Å². The lowest BCUT2D eigenvalue weighted by molar-refractivity contribution is 0.0775. The number of likely N-dealkylation sites (tertiary alicyclic amines) is 2. The summed E-state index contributed by atoms with van der Waals surface area (Å²) in [7, 11) is 2.19. The second kappa shape index (κ2) is 4.60. The number of nitrogens with zero attached hydrogens (tertiary/aromatic N) is 3. The Balaban J connectivity index is 1.55. The molecule has 4 rings (SSSR count). The fraction of sp³-hybridized carbons (Fsp3) is 0.706. The van der Waals surface area contributed by atoms with Crippen LogP contribution in [0, 0.1) is 25.7 Å². The monoisotopic (exact) mass is 287 g/mol. The molecule has 3 fully saturated rings. The number of amides is 1. The zero-order chi connectivity index (χ0) is 14.7. The Morgan fingerprint density at radius 2 is 1.71 bits per heavy atom. The maximum Gasteiger partial charge on any atom is 0.255 e. The third-order valence-corrected chi connectivity index (χ3v) is 5.58. The molecule has 2 atom stereocenters. The van der Waals surface area contributed by atoms with Gasteiger partial charge in [-0.2, -0.15) is 0 Å². The highest BCUT2D eigenvalue weighted by molar-refractivity contribution is 5.96. The third kappa shape index (κ3) is 2.11. The molecule has 0 unspecified atom stereocenters. The molecule has 0 spiro atoms. The van der Waals surface area contributed by atoms with Crippen LogP contribution in [0.15, 0.2) is 6.07 Å². The number of fused-ring (bicyclic) bond motifs is 1. The summed E-state index contributed by atoms with van der Waals surface area (Å²) >= 11 is 0. The molecule has 3 heterocycles. The highest BCUT2D eigenvalue weighted by Crippen LogP contribution is 2.39. The number of aromatic nitrogens is 1. The molecule has 21 heavy (non-hydrogen) atoms. The van der Waals surface area contributed by atoms with E-state index in [2.05, 4.69) is 41.3 Å². The van der Waals surface area contributed by atoms with Crippen LogP contribution in [0.4, 0.5) is 0 Å². The summed E-state index contributed by atoms with van der Waals surface area (Å²) in [5, 5.41) is 0. The maximum absolute atomic E-state index is 12.9. The van der Waals surface area contributed by atoms with Crippen LogP contribution in [0.2, 0.25) is 0 Å². The summed E-state index contributed by atoms with van der Waals surface area (Å²) in [5.41, 5.74) is 3.36. The van der Waals surface area contributed by atoms with Crippen molar-refractivity contribution in [1.82, 2.24) is 14.4 Å². The first-order valence-electron chi connectivity index (χ1n) is 8.21. The predicted molar refractivity (Wildman–Crippen MR) is 82.6 cm³/mol. The third-order valence-electron chi connectivity index (χ3n) is 5.58. The molecule has 0 N–H and O–H groups in total. The van der Waals surface area contributed by atoms with Gasteiger partial charge in [0.2, 0.25) is 0 Å². The minimum absolute atomic E-state index is 0.257. The highest BCUT2D eigenvalue weighted by atomic mass is 16.2. The lowest BCUT2D eigenvalue weighted by Gasteiger charge is -2.19. The molecule has 2 saturated heterocycles. The van der Waals surface area contributed by atoms with E-state index in [-0.39, 0.29) is 5.91 Å². The molecule has 1 amide bonds. The largest absolute Gasteiger partial charge is 0.345 e. The van der Waals surface area contributed by atoms with Crippen LogP contribution in [-0.2, 0) is 0 Å². The molecule has 0 aromatic carbocycles. The van der Waals surface area contributed by atoms with Crippen LogP contribution in [0.1, 0.15) is 40.6 Å². The average Bonchev–Trinajstić information content (AvgIpc) is 2.98. The van der Waals surface area contributed by atoms with Gasteiger partial charge in [-0.15, -0.1) is 0 Å². The molecule has 4 nitrogen and oxygen atoms in total. The molecule has 4 heteroatoms. The molecule has 1 aromatic rings. The van der Waals surface area contributed by atoms with Crippen molar-refractivity contribution in [3.63, 3.8) is 0 Å². The van der Waals surface area contributed by atoms with E-state index >= 15 is 0 Å². The molecule has 2 aliphatic heterocycles. The van der Waals surface area contributed by atoms with Crippen molar-refractivity contribution in [2.24, 2.45) is 11.8 Å². The molecule has 1 aromatic heterocycles. The SMILES string of the molecule is Cc1cc(C(=O)N2C[C@H]3CN(C)C[C@H]3C2)c(C)n1C1CC1. The van der Waals surface area contributed by atoms with Crippen molar-refractivity contribution >= 4 is 5.91 Å². The van der Waals surface area contributed by atoms with E-state index in [0.29, 0.717) is 17.9 Å². The number of aryl methyl sites for hydroxylation is 1. The summed E-state index contributed by atoms with van der Waals surface area (Å²) in [6, 6.07) is 2.76. The van der Waals surface area contributed by atoms with Crippen molar-refractivity contribution in [3.05, 3.63) is 23.0 Å². The molecule has 1 aliphatic carbocycles. The number of hydrogen-bond donors (Lipinski definition) is 0. The molecule has 1 saturated carbocycles. The quantitative estimate of drug-likeness (QED) is 0.833. The molecule has 0 bridgehead atoms. The van der Waals surface area contributed by atoms with Gasteiger partial charge in [-0.05, 0) is 51.6 Å². The van der Waals surface area contributed by atoms with E-state index < -0.39 is 0 Å². The zero-order valence-electron chi connectivity index (χ0n) is 13.3. The normalized spacial score (nSPS) is 29.2. The van der Waals surface area contributed by atoms with Gasteiger partial charge in [-0.3, -0.25) is 4.79 Å². The summed E-state index contributed by atoms with van der Waals surface area (Å²) in [5.74, 6) is 1.63. The summed E-state index contributed by atoms with van der Waals surface area (Å²) in [6.45, 7) is 8.44. The number of carbonyl (C=O) groups excluding carboxylic acids is 1. The van der Waals surface area contributed by atoms with E-state index in [4.69, 9.17) is 0 Å². The van der Waals surface area contributed by atoms with Gasteiger partial charge in [0.15, 0.2) is 0 Å². The van der Waals surface area contributed by atoms with E-state index in [1.807, 2.05) is 0 Å². The standard InChI is InChI=1S/C17H25N3O/c1-11-6-16(12(2)20(11)15-4-5-15)17(21)19-9-13-7-18(3)8-14(13)10-19/h6,13-15H,4-5,7-10H2,1-3H3/t13-,14+. The highest BCUT2D eigenvalue weighted by Gasteiger charge is 2.41. The summed E-state index contributed by atoms with van der Waals surface area (Å²) < 4.78 is 2.37. The minimum atomic E-state index is 0.257. The van der Waals surface area contributed by atoms with Crippen molar-refractivity contribution in [2.45, 2.75) is 32.7 Å². The number of rotatable bonds is 2. The molecule has 3 aliphatic rings. The molecular formula is C17H25N3O. The Kier molecular flexibility index (Phi) is 2.93. The first-order valence-corrected chi connectivity index (χ1v) is 8.21. The van der Waals surface area contributed by atoms with Crippen molar-refractivity contribution < 1.29 is 4.79 Å². The minimum Gasteiger partial charge on any atom is -0.345 e. The smallest absolute Gasteiger partial charge is 0.255 e. The maximum atomic E-state index is 12.9. The Morgan fingerprint density at radius 3 is 2.29 bits per heavy atom. The van der Waals surface area contributed by atoms with E-state index in [0.717, 1.165) is 31.7 Å². The lowest BCUT2D eigenvalue weighted by Crippen LogP contribution is -2.32. The van der Waals surface area contributed by atoms with Gasteiger partial charge < -0.3 is 14.4 Å². The first kappa shape index (κ1) is 13.4. The van der Waals surface area contributed by atoms with Gasteiger partial charge in [0.1, 0.15) is 0 Å². The van der Waals surface area contributed by atoms with Gasteiger partial charge in [0, 0.05) is 43.6 Å². The van der Waals surface area contributed by atoms with Crippen LogP contribution in [-0.4, -0.2) is 53.5 Å². The van der Waals surface area contributed by atoms with E-state index in [1.54, 1.807) is 0 Å². The Hall–Kier alpha value is -1.29. The van der Waals surface area contributed by atoms with Gasteiger partial charge in [0.25, 0.3) is 5.91 Å². The average molecular weight is 287 g/mol. The number of hydrogen-bond acceptors (Lipinski definition) is 2. The molecular weight excluding hydrogens is 262 g/mol. The van der Waals surface area contributed by atoms with E-state index in [1.165, 1.54) is 24.2 Å². The molecule has 0 radical (unpaired) electrons. The Morgan fingerprint density at radius 1 is 1.10 bits per heavy atom. The van der Waals surface area contributed by atoms with Crippen LogP contribution in [0.25, 0.3) is 0 Å². The fourth-order valence-electron chi connectivity index (χ4n) is 4.45. The van der Waals surface area contributed by atoms with Crippen LogP contribution < -0.4 is 0 Å². The lowest BCUT2D eigenvalue weighted by atomic mass is 10.0. The summed E-state index contributed by atoms with van der Waals surface area (Å²) in [4.78, 5) is 17.4. The first-order chi connectivity index (χ1) is 10.0. The topological polar surface area (TPSA) is 28.5 Å². The fourth-order valence-corrected chi connectivity index (χ4v) is 4.45. The number of carbonyl (C=O) groups is 1. The van der Waals surface area contributed by atoms with Crippen LogP contribution >= 0.6 is 0 Å². The Bertz CT molecular complexity index is 573. The predicted octanol–water partition coefficient (Wildman–Crippen LogP) is 2.07. The van der Waals surface area contributed by atoms with Crippen molar-refractivity contribution in [3.8, 4) is 0 Å². The van der Waals surface area contributed by atoms with Crippen molar-refractivity contribution in [1.29, 1.82) is 0 Å². The van der Waals surface area contributed by atoms with Crippen LogP contribution in [0.3, 0.4) is 0 Å². The molecule has 114 valence electrons. The van der Waals surface area contributed by atoms with Gasteiger partial charge >= 0.3 is 0 Å². The second-order valence-electron chi connectivity index (χ2n) is 7.34. The summed E-state index contributed by atoms with van der Waals surface area (Å²) in [6.07, 6.45) is 2.54. The van der Waals surface area contributed by atoms with Gasteiger partial charge in [-0.25, -0.2) is 0 Å². The van der Waals surface area contributed by atoms with Gasteiger partial charge in [-0.1, -0.05) is 0 Å². The zero-order valence-corrected chi connectivity index (χ0v) is 13.3. The van der Waals surface area contributed by atoms with E-state index in [9.17, 15) is 4.79 Å². The van der Waals surface area contributed by atoms with Crippen LogP contribution in [0.5, 0.6) is 0 Å².